The predicted octanol–water partition coefficient (Wildman–Crippen LogP) is 3.31. The summed E-state index contributed by atoms with van der Waals surface area (Å²) in [6.07, 6.45) is 0.456. The van der Waals surface area contributed by atoms with Crippen molar-refractivity contribution in [2.24, 2.45) is 0 Å². The van der Waals surface area contributed by atoms with Crippen LogP contribution in [0, 0.1) is 24.1 Å². The molecule has 1 atom stereocenters. The SMILES string of the molecule is CNC(=O)/C(C#N)=C1/S[C@@H](Cc2ccc(C)cc2)C(=O)N1c1ccc(F)cc1. The van der Waals surface area contributed by atoms with Crippen LogP contribution in [0.2, 0.25) is 0 Å². The lowest BCUT2D eigenvalue weighted by atomic mass is 10.1. The molecule has 0 aromatic heterocycles. The van der Waals surface area contributed by atoms with Gasteiger partial charge in [-0.05, 0) is 43.2 Å². The fraction of sp³-hybridized carbons (Fsp3) is 0.190. The van der Waals surface area contributed by atoms with Crippen LogP contribution < -0.4 is 10.2 Å². The number of nitrogens with zero attached hydrogens (tertiary/aromatic N) is 2. The molecule has 0 saturated carbocycles. The fourth-order valence-corrected chi connectivity index (χ4v) is 4.18. The number of hydrogen-bond acceptors (Lipinski definition) is 4. The van der Waals surface area contributed by atoms with Crippen LogP contribution in [0.5, 0.6) is 0 Å². The molecule has 0 aliphatic carbocycles. The second-order valence-corrected chi connectivity index (χ2v) is 7.51. The Kier molecular flexibility index (Phi) is 5.81. The standard InChI is InChI=1S/C21H18FN3O2S/c1-13-3-5-14(6-4-13)11-18-20(27)25(16-9-7-15(22)8-10-16)21(28-18)17(12-23)19(26)24-2/h3-10,18H,11H2,1-2H3,(H,24,26)/b21-17+/t18-/m0/s1. The van der Waals surface area contributed by atoms with E-state index in [0.717, 1.165) is 11.1 Å². The van der Waals surface area contributed by atoms with Crippen LogP contribution >= 0.6 is 11.8 Å². The summed E-state index contributed by atoms with van der Waals surface area (Å²) < 4.78 is 13.3. The van der Waals surface area contributed by atoms with Crippen LogP contribution in [0.3, 0.4) is 0 Å². The molecule has 2 amide bonds. The maximum atomic E-state index is 13.3. The lowest BCUT2D eigenvalue weighted by molar-refractivity contribution is -0.117. The highest BCUT2D eigenvalue weighted by Gasteiger charge is 2.40. The van der Waals surface area contributed by atoms with Crippen molar-refractivity contribution in [2.45, 2.75) is 18.6 Å². The molecule has 1 N–H and O–H groups in total. The number of aryl methyl sites for hydroxylation is 1. The number of likely N-dealkylation sites (N-methyl/N-ethyl adjacent to an activating group) is 1. The Morgan fingerprint density at radius 2 is 1.86 bits per heavy atom. The summed E-state index contributed by atoms with van der Waals surface area (Å²) in [7, 11) is 1.42. The van der Waals surface area contributed by atoms with Crippen molar-refractivity contribution < 1.29 is 14.0 Å². The average Bonchev–Trinajstić information content (AvgIpc) is 3.00. The van der Waals surface area contributed by atoms with Gasteiger partial charge in [0.05, 0.1) is 5.25 Å². The fourth-order valence-electron chi connectivity index (χ4n) is 2.88. The maximum absolute atomic E-state index is 13.3. The first-order valence-corrected chi connectivity index (χ1v) is 9.50. The van der Waals surface area contributed by atoms with E-state index >= 15 is 0 Å². The monoisotopic (exact) mass is 395 g/mol. The van der Waals surface area contributed by atoms with Gasteiger partial charge in [-0.15, -0.1) is 0 Å². The van der Waals surface area contributed by atoms with E-state index in [1.165, 1.54) is 48.0 Å². The molecule has 1 saturated heterocycles. The normalized spacial score (nSPS) is 18.0. The summed E-state index contributed by atoms with van der Waals surface area (Å²) in [5.74, 6) is -1.25. The molecule has 1 aliphatic heterocycles. The number of rotatable bonds is 4. The highest BCUT2D eigenvalue weighted by Crippen LogP contribution is 2.41. The molecule has 1 heterocycles. The van der Waals surface area contributed by atoms with Gasteiger partial charge >= 0.3 is 0 Å². The predicted molar refractivity (Wildman–Crippen MR) is 107 cm³/mol. The van der Waals surface area contributed by atoms with Crippen LogP contribution in [0.1, 0.15) is 11.1 Å². The quantitative estimate of drug-likeness (QED) is 0.637. The van der Waals surface area contributed by atoms with E-state index < -0.39 is 17.0 Å². The molecule has 3 rings (SSSR count). The highest BCUT2D eigenvalue weighted by molar-refractivity contribution is 8.05. The van der Waals surface area contributed by atoms with Crippen molar-refractivity contribution in [1.29, 1.82) is 5.26 Å². The second kappa shape index (κ2) is 8.28. The number of anilines is 1. The molecule has 5 nitrogen and oxygen atoms in total. The van der Waals surface area contributed by atoms with Crippen LogP contribution in [0.25, 0.3) is 0 Å². The highest BCUT2D eigenvalue weighted by atomic mass is 32.2. The van der Waals surface area contributed by atoms with Gasteiger partial charge in [0.25, 0.3) is 5.91 Å². The molecule has 2 aromatic carbocycles. The molecule has 0 unspecified atom stereocenters. The minimum atomic E-state index is -0.569. The summed E-state index contributed by atoms with van der Waals surface area (Å²) in [6.45, 7) is 1.99. The van der Waals surface area contributed by atoms with Gasteiger partial charge in [-0.2, -0.15) is 5.26 Å². The molecular formula is C21H18FN3O2S. The molecular weight excluding hydrogens is 377 g/mol. The Labute approximate surface area is 166 Å². The van der Waals surface area contributed by atoms with E-state index in [1.54, 1.807) is 0 Å². The summed E-state index contributed by atoms with van der Waals surface area (Å²) >= 11 is 1.18. The lowest BCUT2D eigenvalue weighted by Gasteiger charge is -2.18. The van der Waals surface area contributed by atoms with E-state index in [1.807, 2.05) is 37.3 Å². The van der Waals surface area contributed by atoms with E-state index in [9.17, 15) is 19.2 Å². The zero-order valence-corrected chi connectivity index (χ0v) is 16.2. The number of nitrogens with one attached hydrogen (secondary N) is 1. The molecule has 0 spiro atoms. The topological polar surface area (TPSA) is 73.2 Å². The number of nitriles is 1. The zero-order valence-electron chi connectivity index (χ0n) is 15.4. The number of benzene rings is 2. The molecule has 0 radical (unpaired) electrons. The van der Waals surface area contributed by atoms with Gasteiger partial charge in [0.2, 0.25) is 5.91 Å². The minimum absolute atomic E-state index is 0.142. The zero-order chi connectivity index (χ0) is 20.3. The third kappa shape index (κ3) is 3.92. The van der Waals surface area contributed by atoms with Gasteiger partial charge in [0.15, 0.2) is 0 Å². The first kappa shape index (κ1) is 19.6. The van der Waals surface area contributed by atoms with Crippen molar-refractivity contribution >= 4 is 29.3 Å². The van der Waals surface area contributed by atoms with Crippen LogP contribution in [-0.2, 0) is 16.0 Å². The number of carbonyl (C=O) groups is 2. The van der Waals surface area contributed by atoms with Gasteiger partial charge in [-0.3, -0.25) is 14.5 Å². The number of carbonyl (C=O) groups excluding carboxylic acids is 2. The Balaban J connectivity index is 2.03. The number of thioether (sulfide) groups is 1. The minimum Gasteiger partial charge on any atom is -0.354 e. The van der Waals surface area contributed by atoms with Gasteiger partial charge in [0, 0.05) is 12.7 Å². The van der Waals surface area contributed by atoms with Crippen LogP contribution in [-0.4, -0.2) is 24.1 Å². The Morgan fingerprint density at radius 3 is 2.43 bits per heavy atom. The van der Waals surface area contributed by atoms with Crippen molar-refractivity contribution in [3.63, 3.8) is 0 Å². The van der Waals surface area contributed by atoms with E-state index in [0.29, 0.717) is 12.1 Å². The summed E-state index contributed by atoms with van der Waals surface area (Å²) in [4.78, 5) is 26.6. The lowest BCUT2D eigenvalue weighted by Crippen LogP contribution is -2.31. The van der Waals surface area contributed by atoms with Gasteiger partial charge < -0.3 is 5.32 Å². The molecule has 0 bridgehead atoms. The molecule has 2 aromatic rings. The summed E-state index contributed by atoms with van der Waals surface area (Å²) in [5, 5.41) is 11.7. The number of halogens is 1. The van der Waals surface area contributed by atoms with Gasteiger partial charge in [-0.1, -0.05) is 41.6 Å². The summed E-state index contributed by atoms with van der Waals surface area (Å²) in [5.41, 5.74) is 2.37. The van der Waals surface area contributed by atoms with E-state index in [2.05, 4.69) is 5.32 Å². The first-order valence-electron chi connectivity index (χ1n) is 8.62. The van der Waals surface area contributed by atoms with Crippen molar-refractivity contribution in [2.75, 3.05) is 11.9 Å². The molecule has 28 heavy (non-hydrogen) atoms. The number of hydrogen-bond donors (Lipinski definition) is 1. The smallest absolute Gasteiger partial charge is 0.264 e. The molecule has 142 valence electrons. The molecule has 1 aliphatic rings. The van der Waals surface area contributed by atoms with Gasteiger partial charge in [0.1, 0.15) is 22.5 Å². The van der Waals surface area contributed by atoms with Gasteiger partial charge in [-0.25, -0.2) is 4.39 Å². The van der Waals surface area contributed by atoms with E-state index in [-0.39, 0.29) is 16.5 Å². The maximum Gasteiger partial charge on any atom is 0.264 e. The summed E-state index contributed by atoms with van der Waals surface area (Å²) in [6, 6.07) is 15.1. The Bertz CT molecular complexity index is 978. The third-order valence-corrected chi connectivity index (χ3v) is 5.62. The number of amides is 2. The van der Waals surface area contributed by atoms with Crippen LogP contribution in [0.15, 0.2) is 59.1 Å². The second-order valence-electron chi connectivity index (χ2n) is 6.32. The van der Waals surface area contributed by atoms with Crippen LogP contribution in [0.4, 0.5) is 10.1 Å². The molecule has 7 heteroatoms. The average molecular weight is 395 g/mol. The molecule has 1 fully saturated rings. The third-order valence-electron chi connectivity index (χ3n) is 4.36. The van der Waals surface area contributed by atoms with Crippen molar-refractivity contribution in [3.05, 3.63) is 76.1 Å². The largest absolute Gasteiger partial charge is 0.354 e. The first-order chi connectivity index (χ1) is 13.4. The van der Waals surface area contributed by atoms with E-state index in [4.69, 9.17) is 0 Å². The van der Waals surface area contributed by atoms with Crippen molar-refractivity contribution in [3.8, 4) is 6.07 Å². The Hall–Kier alpha value is -3.11. The van der Waals surface area contributed by atoms with Crippen molar-refractivity contribution in [1.82, 2.24) is 5.32 Å². The Morgan fingerprint density at radius 1 is 1.21 bits per heavy atom.